The van der Waals surface area contributed by atoms with Gasteiger partial charge in [-0.25, -0.2) is 4.79 Å². The predicted octanol–water partition coefficient (Wildman–Crippen LogP) is 3.12. The molecule has 0 aliphatic heterocycles. The lowest BCUT2D eigenvalue weighted by Gasteiger charge is -2.06. The lowest BCUT2D eigenvalue weighted by molar-refractivity contribution is 0.0602. The Morgan fingerprint density at radius 2 is 1.71 bits per heavy atom. The van der Waals surface area contributed by atoms with Crippen molar-refractivity contribution in [2.24, 2.45) is 0 Å². The second-order valence-electron chi connectivity index (χ2n) is 2.72. The van der Waals surface area contributed by atoms with Crippen LogP contribution in [0.3, 0.4) is 0 Å². The lowest BCUT2D eigenvalue weighted by atomic mass is 10.1. The molecule has 1 aromatic rings. The van der Waals surface area contributed by atoms with Crippen LogP contribution in [0.1, 0.15) is 43.6 Å². The van der Waals surface area contributed by atoms with E-state index in [4.69, 9.17) is 5.73 Å². The zero-order chi connectivity index (χ0) is 14.0. The van der Waals surface area contributed by atoms with Gasteiger partial charge in [-0.05, 0) is 18.6 Å². The molecule has 0 aliphatic rings. The normalized spacial score (nSPS) is 8.12. The first-order valence-corrected chi connectivity index (χ1v) is 5.73. The number of phenolic OH excluding ortho intramolecular Hbond substituents is 1. The summed E-state index contributed by atoms with van der Waals surface area (Å²) in [6.07, 6.45) is 0. The van der Waals surface area contributed by atoms with Crippen LogP contribution in [0.4, 0.5) is 5.69 Å². The van der Waals surface area contributed by atoms with Crippen molar-refractivity contribution in [3.05, 3.63) is 23.3 Å². The number of methoxy groups -OCH3 is 1. The Bertz CT molecular complexity index is 349. The van der Waals surface area contributed by atoms with Gasteiger partial charge in [0.2, 0.25) is 0 Å². The number of aromatic hydroxyl groups is 1. The van der Waals surface area contributed by atoms with Gasteiger partial charge >= 0.3 is 5.97 Å². The number of carbonyl (C=O) groups excluding carboxylic acids is 1. The Hall–Kier alpha value is -1.71. The molecule has 0 atom stereocenters. The highest BCUT2D eigenvalue weighted by molar-refractivity contribution is 5.95. The summed E-state index contributed by atoms with van der Waals surface area (Å²) in [6, 6.07) is 2.83. The Kier molecular flexibility index (Phi) is 9.89. The molecule has 3 N–H and O–H groups in total. The second kappa shape index (κ2) is 9.51. The third-order valence-electron chi connectivity index (χ3n) is 1.77. The van der Waals surface area contributed by atoms with Crippen molar-refractivity contribution in [3.63, 3.8) is 0 Å². The van der Waals surface area contributed by atoms with Gasteiger partial charge in [-0.2, -0.15) is 0 Å². The SMILES string of the molecule is CC.CC.COC(=O)c1cc(C)c(O)cc1N. The number of benzene rings is 1. The van der Waals surface area contributed by atoms with Crippen molar-refractivity contribution >= 4 is 11.7 Å². The zero-order valence-corrected chi connectivity index (χ0v) is 11.5. The summed E-state index contributed by atoms with van der Waals surface area (Å²) in [4.78, 5) is 11.1. The Morgan fingerprint density at radius 3 is 2.12 bits per heavy atom. The van der Waals surface area contributed by atoms with Crippen LogP contribution in [0.15, 0.2) is 12.1 Å². The van der Waals surface area contributed by atoms with Gasteiger partial charge in [-0.1, -0.05) is 27.7 Å². The van der Waals surface area contributed by atoms with Crippen LogP contribution in [-0.4, -0.2) is 18.2 Å². The van der Waals surface area contributed by atoms with E-state index >= 15 is 0 Å². The molecule has 0 amide bonds. The highest BCUT2D eigenvalue weighted by atomic mass is 16.5. The summed E-state index contributed by atoms with van der Waals surface area (Å²) in [5.41, 5.74) is 6.59. The number of aryl methyl sites for hydroxylation is 1. The van der Waals surface area contributed by atoms with E-state index in [9.17, 15) is 9.90 Å². The average molecular weight is 241 g/mol. The lowest BCUT2D eigenvalue weighted by Crippen LogP contribution is -2.05. The maximum Gasteiger partial charge on any atom is 0.339 e. The molecule has 0 saturated heterocycles. The summed E-state index contributed by atoms with van der Waals surface area (Å²) >= 11 is 0. The first kappa shape index (κ1) is 17.7. The second-order valence-corrected chi connectivity index (χ2v) is 2.72. The summed E-state index contributed by atoms with van der Waals surface area (Å²) < 4.78 is 4.51. The number of esters is 1. The Morgan fingerprint density at radius 1 is 1.24 bits per heavy atom. The molecule has 0 heterocycles. The first-order valence-electron chi connectivity index (χ1n) is 5.73. The minimum absolute atomic E-state index is 0.0742. The van der Waals surface area contributed by atoms with Crippen LogP contribution in [0, 0.1) is 6.92 Å². The highest BCUT2D eigenvalue weighted by Gasteiger charge is 2.11. The number of hydrogen-bond acceptors (Lipinski definition) is 4. The minimum atomic E-state index is -0.499. The quantitative estimate of drug-likeness (QED) is 0.585. The van der Waals surface area contributed by atoms with Gasteiger partial charge in [-0.3, -0.25) is 0 Å². The molecule has 0 radical (unpaired) electrons. The van der Waals surface area contributed by atoms with E-state index in [-0.39, 0.29) is 17.0 Å². The van der Waals surface area contributed by atoms with Crippen molar-refractivity contribution in [3.8, 4) is 5.75 Å². The van der Waals surface area contributed by atoms with Crippen molar-refractivity contribution in [1.82, 2.24) is 0 Å². The van der Waals surface area contributed by atoms with E-state index in [1.807, 2.05) is 27.7 Å². The number of phenols is 1. The molecule has 1 aromatic carbocycles. The van der Waals surface area contributed by atoms with E-state index < -0.39 is 5.97 Å². The van der Waals surface area contributed by atoms with E-state index in [1.54, 1.807) is 6.92 Å². The van der Waals surface area contributed by atoms with E-state index in [2.05, 4.69) is 4.74 Å². The Balaban J connectivity index is 0. The van der Waals surface area contributed by atoms with Crippen LogP contribution < -0.4 is 5.73 Å². The maximum absolute atomic E-state index is 11.1. The average Bonchev–Trinajstić information content (AvgIpc) is 2.37. The van der Waals surface area contributed by atoms with Gasteiger partial charge in [0.05, 0.1) is 12.7 Å². The summed E-state index contributed by atoms with van der Waals surface area (Å²) in [6.45, 7) is 9.68. The molecule has 0 aromatic heterocycles. The number of carbonyl (C=O) groups is 1. The van der Waals surface area contributed by atoms with Crippen molar-refractivity contribution in [2.75, 3.05) is 12.8 Å². The largest absolute Gasteiger partial charge is 0.508 e. The fraction of sp³-hybridized carbons (Fsp3) is 0.462. The molecular weight excluding hydrogens is 218 g/mol. The molecule has 4 nitrogen and oxygen atoms in total. The Labute approximate surface area is 103 Å². The summed E-state index contributed by atoms with van der Waals surface area (Å²) in [5.74, 6) is -0.425. The molecule has 0 saturated carbocycles. The monoisotopic (exact) mass is 241 g/mol. The number of nitrogen functional groups attached to an aromatic ring is 1. The van der Waals surface area contributed by atoms with Gasteiger partial charge in [0, 0.05) is 11.8 Å². The summed E-state index contributed by atoms with van der Waals surface area (Å²) in [5, 5.41) is 9.25. The topological polar surface area (TPSA) is 72.5 Å². The first-order chi connectivity index (χ1) is 8.06. The van der Waals surface area contributed by atoms with Gasteiger partial charge in [0.25, 0.3) is 0 Å². The van der Waals surface area contributed by atoms with Crippen LogP contribution in [-0.2, 0) is 4.74 Å². The predicted molar refractivity (Wildman–Crippen MR) is 71.3 cm³/mol. The highest BCUT2D eigenvalue weighted by Crippen LogP contribution is 2.23. The van der Waals surface area contributed by atoms with Gasteiger partial charge in [0.1, 0.15) is 5.75 Å². The third-order valence-corrected chi connectivity index (χ3v) is 1.77. The molecule has 17 heavy (non-hydrogen) atoms. The van der Waals surface area contributed by atoms with Gasteiger partial charge < -0.3 is 15.6 Å². The van der Waals surface area contributed by atoms with Crippen molar-refractivity contribution < 1.29 is 14.6 Å². The zero-order valence-electron chi connectivity index (χ0n) is 11.5. The van der Waals surface area contributed by atoms with Gasteiger partial charge in [-0.15, -0.1) is 0 Å². The minimum Gasteiger partial charge on any atom is -0.508 e. The molecule has 0 aliphatic carbocycles. The van der Waals surface area contributed by atoms with E-state index in [0.29, 0.717) is 5.56 Å². The van der Waals surface area contributed by atoms with Crippen LogP contribution in [0.2, 0.25) is 0 Å². The van der Waals surface area contributed by atoms with Crippen LogP contribution in [0.5, 0.6) is 5.75 Å². The number of ether oxygens (including phenoxy) is 1. The number of rotatable bonds is 1. The molecule has 98 valence electrons. The van der Waals surface area contributed by atoms with Gasteiger partial charge in [0.15, 0.2) is 0 Å². The van der Waals surface area contributed by atoms with Crippen LogP contribution >= 0.6 is 0 Å². The van der Waals surface area contributed by atoms with E-state index in [1.165, 1.54) is 19.2 Å². The molecule has 1 rings (SSSR count). The third kappa shape index (κ3) is 5.24. The van der Waals surface area contributed by atoms with Crippen molar-refractivity contribution in [2.45, 2.75) is 34.6 Å². The fourth-order valence-corrected chi connectivity index (χ4v) is 0.999. The number of nitrogens with two attached hydrogens (primary N) is 1. The number of anilines is 1. The smallest absolute Gasteiger partial charge is 0.339 e. The summed E-state index contributed by atoms with van der Waals surface area (Å²) in [7, 11) is 1.28. The van der Waals surface area contributed by atoms with E-state index in [0.717, 1.165) is 0 Å². The fourth-order valence-electron chi connectivity index (χ4n) is 0.999. The van der Waals surface area contributed by atoms with Crippen molar-refractivity contribution in [1.29, 1.82) is 0 Å². The maximum atomic E-state index is 11.1. The molecule has 0 unspecified atom stereocenters. The standard InChI is InChI=1S/C9H11NO3.2C2H6/c1-5-3-6(9(12)13-2)7(10)4-8(5)11;2*1-2/h3-4,11H,10H2,1-2H3;2*1-2H3. The molecule has 0 fully saturated rings. The molecular formula is C13H23NO3. The van der Waals surface area contributed by atoms with Crippen LogP contribution in [0.25, 0.3) is 0 Å². The number of hydrogen-bond donors (Lipinski definition) is 2. The molecule has 0 spiro atoms. The molecule has 4 heteroatoms. The molecule has 0 bridgehead atoms.